The summed E-state index contributed by atoms with van der Waals surface area (Å²) in [7, 11) is 6.07. The number of hydrogen-bond donors (Lipinski definition) is 0. The maximum atomic E-state index is 13.6. The van der Waals surface area contributed by atoms with Crippen molar-refractivity contribution in [3.8, 4) is 11.3 Å². The molecule has 6 heteroatoms. The number of rotatable bonds is 3. The zero-order valence-electron chi connectivity index (χ0n) is 17.9. The molecule has 1 aliphatic rings. The first-order valence-electron chi connectivity index (χ1n) is 10.2. The fraction of sp³-hybridized carbons (Fsp3) is 0.435. The minimum atomic E-state index is 0.0948. The Morgan fingerprint density at radius 3 is 2.72 bits per heavy atom. The highest BCUT2D eigenvalue weighted by Gasteiger charge is 2.27. The van der Waals surface area contributed by atoms with Crippen LogP contribution in [0.25, 0.3) is 22.2 Å². The van der Waals surface area contributed by atoms with E-state index in [9.17, 15) is 4.79 Å². The first kappa shape index (κ1) is 19.6. The third-order valence-electron chi connectivity index (χ3n) is 6.15. The van der Waals surface area contributed by atoms with Gasteiger partial charge >= 0.3 is 0 Å². The molecule has 3 heterocycles. The normalized spacial score (nSPS) is 17.3. The Balaban J connectivity index is 1.84. The van der Waals surface area contributed by atoms with E-state index in [2.05, 4.69) is 44.0 Å². The van der Waals surface area contributed by atoms with Crippen molar-refractivity contribution in [2.75, 3.05) is 27.2 Å². The smallest absolute Gasteiger partial charge is 0.254 e. The summed E-state index contributed by atoms with van der Waals surface area (Å²) in [5.41, 5.74) is 5.65. The molecule has 0 spiro atoms. The average Bonchev–Trinajstić information content (AvgIpc) is 3.16. The molecule has 1 aromatic carbocycles. The number of hydrogen-bond acceptors (Lipinski definition) is 4. The zero-order chi connectivity index (χ0) is 20.7. The standard InChI is InChI=1S/C23H29N5O/c1-15-8-9-19-20(23(29)28-10-6-7-18(14-28)26(3)4)11-21(25-22(19)16(15)2)17-12-24-27(5)13-17/h8-9,11-13,18H,6-7,10,14H2,1-5H3. The van der Waals surface area contributed by atoms with E-state index < -0.39 is 0 Å². The topological polar surface area (TPSA) is 54.3 Å². The molecule has 0 bridgehead atoms. The van der Waals surface area contributed by atoms with Crippen LogP contribution >= 0.6 is 0 Å². The van der Waals surface area contributed by atoms with Gasteiger partial charge < -0.3 is 9.80 Å². The zero-order valence-corrected chi connectivity index (χ0v) is 17.9. The molecule has 1 amide bonds. The van der Waals surface area contributed by atoms with Crippen molar-refractivity contribution in [2.45, 2.75) is 32.7 Å². The second-order valence-corrected chi connectivity index (χ2v) is 8.37. The van der Waals surface area contributed by atoms with Crippen LogP contribution in [0.15, 0.2) is 30.6 Å². The van der Waals surface area contributed by atoms with Gasteiger partial charge in [-0.1, -0.05) is 12.1 Å². The lowest BCUT2D eigenvalue weighted by Crippen LogP contribution is -2.47. The Labute approximate surface area is 172 Å². The molecule has 0 N–H and O–H groups in total. The molecule has 1 unspecified atom stereocenters. The van der Waals surface area contributed by atoms with Gasteiger partial charge in [0.15, 0.2) is 0 Å². The van der Waals surface area contributed by atoms with E-state index >= 15 is 0 Å². The Morgan fingerprint density at radius 1 is 1.24 bits per heavy atom. The predicted molar refractivity (Wildman–Crippen MR) is 116 cm³/mol. The minimum absolute atomic E-state index is 0.0948. The summed E-state index contributed by atoms with van der Waals surface area (Å²) < 4.78 is 1.76. The number of pyridine rings is 1. The Kier molecular flexibility index (Phi) is 5.13. The number of piperidine rings is 1. The number of benzene rings is 1. The number of nitrogens with zero attached hydrogens (tertiary/aromatic N) is 5. The molecule has 1 saturated heterocycles. The van der Waals surface area contributed by atoms with E-state index in [-0.39, 0.29) is 5.91 Å². The van der Waals surface area contributed by atoms with Crippen LogP contribution in [0.2, 0.25) is 0 Å². The number of carbonyl (C=O) groups is 1. The van der Waals surface area contributed by atoms with Crippen molar-refractivity contribution < 1.29 is 4.79 Å². The molecule has 2 aromatic heterocycles. The van der Waals surface area contributed by atoms with Gasteiger partial charge in [0.05, 0.1) is 23.0 Å². The number of amides is 1. The number of aromatic nitrogens is 3. The molecular weight excluding hydrogens is 362 g/mol. The van der Waals surface area contributed by atoms with Crippen LogP contribution in [0.1, 0.15) is 34.3 Å². The third-order valence-corrected chi connectivity index (χ3v) is 6.15. The number of likely N-dealkylation sites (N-methyl/N-ethyl adjacent to an activating group) is 1. The molecule has 1 atom stereocenters. The highest BCUT2D eigenvalue weighted by molar-refractivity contribution is 6.08. The first-order chi connectivity index (χ1) is 13.8. The molecular formula is C23H29N5O. The second kappa shape index (κ2) is 7.59. The number of aryl methyl sites for hydroxylation is 3. The van der Waals surface area contributed by atoms with E-state index in [0.717, 1.165) is 59.2 Å². The van der Waals surface area contributed by atoms with Gasteiger partial charge in [-0.25, -0.2) is 4.98 Å². The van der Waals surface area contributed by atoms with Crippen LogP contribution in [-0.2, 0) is 7.05 Å². The summed E-state index contributed by atoms with van der Waals surface area (Å²) in [5, 5.41) is 5.21. The van der Waals surface area contributed by atoms with E-state index in [1.807, 2.05) is 30.3 Å². The van der Waals surface area contributed by atoms with E-state index in [0.29, 0.717) is 6.04 Å². The van der Waals surface area contributed by atoms with Gasteiger partial charge in [0.25, 0.3) is 5.91 Å². The average molecular weight is 392 g/mol. The monoisotopic (exact) mass is 391 g/mol. The lowest BCUT2D eigenvalue weighted by molar-refractivity contribution is 0.0637. The molecule has 0 saturated carbocycles. The lowest BCUT2D eigenvalue weighted by atomic mass is 9.98. The largest absolute Gasteiger partial charge is 0.337 e. The van der Waals surface area contributed by atoms with Crippen LogP contribution in [-0.4, -0.2) is 63.7 Å². The molecule has 29 heavy (non-hydrogen) atoms. The number of likely N-dealkylation sites (tertiary alicyclic amines) is 1. The van der Waals surface area contributed by atoms with Crippen molar-refractivity contribution in [1.29, 1.82) is 0 Å². The summed E-state index contributed by atoms with van der Waals surface area (Å²) >= 11 is 0. The fourth-order valence-corrected chi connectivity index (χ4v) is 4.14. The molecule has 0 aliphatic carbocycles. The van der Waals surface area contributed by atoms with Gasteiger partial charge in [0.1, 0.15) is 0 Å². The first-order valence-corrected chi connectivity index (χ1v) is 10.2. The summed E-state index contributed by atoms with van der Waals surface area (Å²) in [6.45, 7) is 5.73. The maximum Gasteiger partial charge on any atom is 0.254 e. The van der Waals surface area contributed by atoms with E-state index in [1.165, 1.54) is 5.56 Å². The van der Waals surface area contributed by atoms with Gasteiger partial charge in [-0.3, -0.25) is 9.48 Å². The quantitative estimate of drug-likeness (QED) is 0.687. The van der Waals surface area contributed by atoms with Crippen molar-refractivity contribution in [1.82, 2.24) is 24.6 Å². The van der Waals surface area contributed by atoms with Crippen LogP contribution < -0.4 is 0 Å². The third kappa shape index (κ3) is 3.65. The van der Waals surface area contributed by atoms with E-state index in [4.69, 9.17) is 4.98 Å². The summed E-state index contributed by atoms with van der Waals surface area (Å²) in [6, 6.07) is 6.47. The van der Waals surface area contributed by atoms with Crippen molar-refractivity contribution in [3.63, 3.8) is 0 Å². The van der Waals surface area contributed by atoms with Crippen LogP contribution in [0, 0.1) is 13.8 Å². The Bertz CT molecular complexity index is 1070. The number of carbonyl (C=O) groups excluding carboxylic acids is 1. The molecule has 0 radical (unpaired) electrons. The highest BCUT2D eigenvalue weighted by Crippen LogP contribution is 2.29. The van der Waals surface area contributed by atoms with Crippen LogP contribution in [0.5, 0.6) is 0 Å². The van der Waals surface area contributed by atoms with Crippen molar-refractivity contribution in [3.05, 3.63) is 47.3 Å². The molecule has 6 nitrogen and oxygen atoms in total. The second-order valence-electron chi connectivity index (χ2n) is 8.37. The molecule has 1 aliphatic heterocycles. The predicted octanol–water partition coefficient (Wildman–Crippen LogP) is 3.42. The molecule has 4 rings (SSSR count). The minimum Gasteiger partial charge on any atom is -0.337 e. The Hall–Kier alpha value is -2.73. The number of fused-ring (bicyclic) bond motifs is 1. The lowest BCUT2D eigenvalue weighted by Gasteiger charge is -2.36. The van der Waals surface area contributed by atoms with Gasteiger partial charge in [-0.15, -0.1) is 0 Å². The SMILES string of the molecule is Cc1ccc2c(C(=O)N3CCCC(N(C)C)C3)cc(-c3cnn(C)c3)nc2c1C. The summed E-state index contributed by atoms with van der Waals surface area (Å²) in [6.07, 6.45) is 5.91. The highest BCUT2D eigenvalue weighted by atomic mass is 16.2. The molecule has 3 aromatic rings. The van der Waals surface area contributed by atoms with Crippen LogP contribution in [0.4, 0.5) is 0 Å². The van der Waals surface area contributed by atoms with E-state index in [1.54, 1.807) is 10.9 Å². The summed E-state index contributed by atoms with van der Waals surface area (Å²) in [4.78, 5) is 22.8. The summed E-state index contributed by atoms with van der Waals surface area (Å²) in [5.74, 6) is 0.0948. The molecule has 1 fully saturated rings. The fourth-order valence-electron chi connectivity index (χ4n) is 4.14. The van der Waals surface area contributed by atoms with Gasteiger partial charge in [0, 0.05) is 43.3 Å². The van der Waals surface area contributed by atoms with Gasteiger partial charge in [-0.05, 0) is 58.0 Å². The van der Waals surface area contributed by atoms with Crippen molar-refractivity contribution >= 4 is 16.8 Å². The maximum absolute atomic E-state index is 13.6. The van der Waals surface area contributed by atoms with Crippen molar-refractivity contribution in [2.24, 2.45) is 7.05 Å². The van der Waals surface area contributed by atoms with Gasteiger partial charge in [-0.2, -0.15) is 5.10 Å². The van der Waals surface area contributed by atoms with Gasteiger partial charge in [0.2, 0.25) is 0 Å². The Morgan fingerprint density at radius 2 is 2.03 bits per heavy atom. The molecule has 152 valence electrons. The van der Waals surface area contributed by atoms with Crippen LogP contribution in [0.3, 0.4) is 0 Å².